The largest absolute Gasteiger partial charge is 0.425 e. The summed E-state index contributed by atoms with van der Waals surface area (Å²) in [5.74, 6) is 0. The molecule has 1 aliphatic heterocycles. The van der Waals surface area contributed by atoms with Crippen molar-refractivity contribution in [3.8, 4) is 0 Å². The van der Waals surface area contributed by atoms with E-state index in [1.165, 1.54) is 0 Å². The van der Waals surface area contributed by atoms with E-state index in [1.807, 2.05) is 6.92 Å². The van der Waals surface area contributed by atoms with Gasteiger partial charge in [0.25, 0.3) is 8.05 Å². The van der Waals surface area contributed by atoms with Crippen LogP contribution in [0, 0.1) is 0 Å². The summed E-state index contributed by atoms with van der Waals surface area (Å²) in [5.41, 5.74) is -0.651. The van der Waals surface area contributed by atoms with Gasteiger partial charge in [-0.25, -0.2) is 0 Å². The molecule has 0 amide bonds. The zero-order valence-corrected chi connectivity index (χ0v) is 8.19. The van der Waals surface area contributed by atoms with E-state index < -0.39 is 18.0 Å². The first-order valence-electron chi connectivity index (χ1n) is 4.27. The van der Waals surface area contributed by atoms with Gasteiger partial charge < -0.3 is 19.2 Å². The first-order chi connectivity index (χ1) is 6.03. The molecule has 0 saturated carbocycles. The molecule has 1 aliphatic rings. The molecular weight excluding hydrogens is 171 g/mol. The van der Waals surface area contributed by atoms with E-state index in [-0.39, 0.29) is 6.10 Å². The maximum atomic E-state index is 9.76. The Kier molecular flexibility index (Phi) is 3.35. The molecule has 0 unspecified atom stereocenters. The topological polar surface area (TPSA) is 47.9 Å². The second-order valence-electron chi connectivity index (χ2n) is 3.57. The van der Waals surface area contributed by atoms with Gasteiger partial charge in [-0.2, -0.15) is 0 Å². The Hall–Kier alpha value is -0.0951. The lowest BCUT2D eigenvalue weighted by atomic mass is 9.88. The fraction of sp³-hybridized carbons (Fsp3) is 1.00. The molecule has 74 valence electrons. The van der Waals surface area contributed by atoms with E-state index in [9.17, 15) is 5.11 Å². The van der Waals surface area contributed by atoms with E-state index in [1.54, 1.807) is 14.0 Å². The van der Waals surface area contributed by atoms with Crippen LogP contribution in [-0.4, -0.2) is 44.4 Å². The minimum atomic E-state index is -0.663. The summed E-state index contributed by atoms with van der Waals surface area (Å²) in [6.07, 6.45) is -1.09. The number of hydrogen-bond donors (Lipinski definition) is 1. The van der Waals surface area contributed by atoms with Gasteiger partial charge in [-0.1, -0.05) is 0 Å². The molecule has 1 heterocycles. The van der Waals surface area contributed by atoms with E-state index in [0.29, 0.717) is 6.42 Å². The van der Waals surface area contributed by atoms with Crippen molar-refractivity contribution in [3.05, 3.63) is 0 Å². The fourth-order valence-electron chi connectivity index (χ4n) is 1.59. The summed E-state index contributed by atoms with van der Waals surface area (Å²) in [6, 6.07) is 0. The molecule has 1 rings (SSSR count). The third-order valence-electron chi connectivity index (χ3n) is 2.63. The van der Waals surface area contributed by atoms with Crippen molar-refractivity contribution in [2.75, 3.05) is 7.11 Å². The van der Waals surface area contributed by atoms with Gasteiger partial charge in [0.05, 0.1) is 11.7 Å². The normalized spacial score (nSPS) is 46.3. The Bertz CT molecular complexity index is 178. The summed E-state index contributed by atoms with van der Waals surface area (Å²) in [4.78, 5) is 0. The van der Waals surface area contributed by atoms with Crippen molar-refractivity contribution in [1.82, 2.24) is 0 Å². The second-order valence-corrected chi connectivity index (χ2v) is 3.57. The molecule has 2 radical (unpaired) electrons. The van der Waals surface area contributed by atoms with Gasteiger partial charge >= 0.3 is 0 Å². The van der Waals surface area contributed by atoms with Crippen LogP contribution in [0.2, 0.25) is 0 Å². The molecule has 0 aromatic carbocycles. The molecule has 0 bridgehead atoms. The summed E-state index contributed by atoms with van der Waals surface area (Å²) >= 11 is 0. The number of methoxy groups -OCH3 is 1. The molecule has 1 fully saturated rings. The van der Waals surface area contributed by atoms with Gasteiger partial charge in [0.2, 0.25) is 0 Å². The van der Waals surface area contributed by atoms with Gasteiger partial charge in [-0.15, -0.1) is 0 Å². The number of ether oxygens (including phenoxy) is 2. The standard InChI is InChI=1S/C8H15BO4/c1-5-7(10)8(2,11-3)4-6(12-5)13-9/h5-7,10H,4H2,1-3H3/t5-,6-,7-,8+/m0/s1. The van der Waals surface area contributed by atoms with Crippen LogP contribution in [0.25, 0.3) is 0 Å². The number of rotatable bonds is 2. The van der Waals surface area contributed by atoms with Crippen LogP contribution in [0.4, 0.5) is 0 Å². The summed E-state index contributed by atoms with van der Waals surface area (Å²) in [5, 5.41) is 9.76. The minimum Gasteiger partial charge on any atom is -0.425 e. The third kappa shape index (κ3) is 2.04. The minimum absolute atomic E-state index is 0.341. The van der Waals surface area contributed by atoms with E-state index in [4.69, 9.17) is 17.5 Å². The van der Waals surface area contributed by atoms with Crippen molar-refractivity contribution in [1.29, 1.82) is 0 Å². The monoisotopic (exact) mass is 186 g/mol. The summed E-state index contributed by atoms with van der Waals surface area (Å²) < 4.78 is 15.1. The second kappa shape index (κ2) is 3.96. The summed E-state index contributed by atoms with van der Waals surface area (Å²) in [6.45, 7) is 3.57. The van der Waals surface area contributed by atoms with Crippen LogP contribution in [0.1, 0.15) is 20.3 Å². The molecule has 5 heteroatoms. The van der Waals surface area contributed by atoms with Crippen LogP contribution in [-0.2, 0) is 14.1 Å². The molecular formula is C8H15BO4. The van der Waals surface area contributed by atoms with E-state index in [2.05, 4.69) is 4.65 Å². The number of aliphatic hydroxyl groups excluding tert-OH is 1. The Balaban J connectivity index is 2.71. The van der Waals surface area contributed by atoms with Crippen LogP contribution < -0.4 is 0 Å². The highest BCUT2D eigenvalue weighted by atomic mass is 16.7. The highest BCUT2D eigenvalue weighted by Crippen LogP contribution is 2.31. The van der Waals surface area contributed by atoms with Crippen molar-refractivity contribution in [2.24, 2.45) is 0 Å². The third-order valence-corrected chi connectivity index (χ3v) is 2.63. The molecule has 4 nitrogen and oxygen atoms in total. The molecule has 0 aromatic heterocycles. The molecule has 0 aromatic rings. The lowest BCUT2D eigenvalue weighted by Gasteiger charge is -2.44. The number of hydrogen-bond acceptors (Lipinski definition) is 4. The maximum absolute atomic E-state index is 9.76. The van der Waals surface area contributed by atoms with Crippen LogP contribution in [0.3, 0.4) is 0 Å². The van der Waals surface area contributed by atoms with Crippen LogP contribution in [0.5, 0.6) is 0 Å². The maximum Gasteiger partial charge on any atom is 0.286 e. The highest BCUT2D eigenvalue weighted by Gasteiger charge is 2.44. The molecule has 4 atom stereocenters. The molecule has 0 aliphatic carbocycles. The molecule has 13 heavy (non-hydrogen) atoms. The predicted octanol–water partition coefficient (Wildman–Crippen LogP) is -0.0126. The average Bonchev–Trinajstić information content (AvgIpc) is 2.13. The first-order valence-corrected chi connectivity index (χ1v) is 4.27. The van der Waals surface area contributed by atoms with Gasteiger partial charge in [0, 0.05) is 13.5 Å². The van der Waals surface area contributed by atoms with Crippen molar-refractivity contribution in [3.63, 3.8) is 0 Å². The SMILES string of the molecule is [B]O[C@H]1C[C@@](C)(OC)[C@@H](O)[C@H](C)O1. The molecule has 1 N–H and O–H groups in total. The van der Waals surface area contributed by atoms with Crippen molar-refractivity contribution >= 4 is 8.05 Å². The van der Waals surface area contributed by atoms with Gasteiger partial charge in [0.15, 0.2) is 0 Å². The average molecular weight is 186 g/mol. The Labute approximate surface area is 79.6 Å². The highest BCUT2D eigenvalue weighted by molar-refractivity contribution is 5.98. The quantitative estimate of drug-likeness (QED) is 0.616. The van der Waals surface area contributed by atoms with Crippen LogP contribution >= 0.6 is 0 Å². The number of aliphatic hydroxyl groups is 1. The summed E-state index contributed by atoms with van der Waals surface area (Å²) in [7, 11) is 6.57. The van der Waals surface area contributed by atoms with Crippen molar-refractivity contribution in [2.45, 2.75) is 44.4 Å². The van der Waals surface area contributed by atoms with Crippen LogP contribution in [0.15, 0.2) is 0 Å². The van der Waals surface area contributed by atoms with E-state index >= 15 is 0 Å². The Morgan fingerprint density at radius 1 is 1.62 bits per heavy atom. The van der Waals surface area contributed by atoms with Crippen molar-refractivity contribution < 1.29 is 19.2 Å². The molecule has 0 spiro atoms. The van der Waals surface area contributed by atoms with E-state index in [0.717, 1.165) is 0 Å². The first kappa shape index (κ1) is 11.0. The molecule has 1 saturated heterocycles. The van der Waals surface area contributed by atoms with Gasteiger partial charge in [-0.05, 0) is 13.8 Å². The predicted molar refractivity (Wildman–Crippen MR) is 47.2 cm³/mol. The lowest BCUT2D eigenvalue weighted by molar-refractivity contribution is -0.255. The zero-order chi connectivity index (χ0) is 10.1. The fourth-order valence-corrected chi connectivity index (χ4v) is 1.59. The van der Waals surface area contributed by atoms with Gasteiger partial charge in [-0.3, -0.25) is 0 Å². The Morgan fingerprint density at radius 2 is 2.23 bits per heavy atom. The smallest absolute Gasteiger partial charge is 0.286 e. The Morgan fingerprint density at radius 3 is 2.69 bits per heavy atom. The lowest BCUT2D eigenvalue weighted by Crippen LogP contribution is -2.56. The zero-order valence-electron chi connectivity index (χ0n) is 8.19. The van der Waals surface area contributed by atoms with Gasteiger partial charge in [0.1, 0.15) is 12.4 Å².